The van der Waals surface area contributed by atoms with Crippen LogP contribution in [0.4, 0.5) is 11.6 Å². The molecule has 0 bridgehead atoms. The van der Waals surface area contributed by atoms with Crippen LogP contribution in [0.15, 0.2) is 86.4 Å². The summed E-state index contributed by atoms with van der Waals surface area (Å²) in [5.74, 6) is 1.26. The third-order valence-electron chi connectivity index (χ3n) is 5.35. The van der Waals surface area contributed by atoms with Crippen molar-refractivity contribution in [3.63, 3.8) is 0 Å². The summed E-state index contributed by atoms with van der Waals surface area (Å²) in [6.07, 6.45) is 0.0762. The standard InChI is InChI=1S/C27H23NO4/c1-16(2)30-19-14-12-18(13-15-19)23-24-25(20-9-5-7-11-22(20)31-27(24)29)32-26(23)28-21-10-6-4-8-17(21)3/h4-16,28H,1-3H3. The number of fused-ring (bicyclic) bond motifs is 3. The average Bonchev–Trinajstić information content (AvgIpc) is 3.16. The van der Waals surface area contributed by atoms with E-state index in [9.17, 15) is 4.79 Å². The predicted octanol–water partition coefficient (Wildman–Crippen LogP) is 7.05. The van der Waals surface area contributed by atoms with E-state index in [1.807, 2.05) is 87.5 Å². The monoisotopic (exact) mass is 425 g/mol. The summed E-state index contributed by atoms with van der Waals surface area (Å²) < 4.78 is 17.7. The smallest absolute Gasteiger partial charge is 0.348 e. The van der Waals surface area contributed by atoms with Crippen LogP contribution in [0.5, 0.6) is 5.75 Å². The van der Waals surface area contributed by atoms with E-state index in [0.29, 0.717) is 28.0 Å². The van der Waals surface area contributed by atoms with E-state index >= 15 is 0 Å². The number of rotatable bonds is 5. The predicted molar refractivity (Wildman–Crippen MR) is 128 cm³/mol. The SMILES string of the molecule is Cc1ccccc1Nc1oc2c(c1-c1ccc(OC(C)C)cc1)c(=O)oc1ccccc12. The van der Waals surface area contributed by atoms with Gasteiger partial charge in [0.25, 0.3) is 0 Å². The van der Waals surface area contributed by atoms with Gasteiger partial charge in [0, 0.05) is 5.69 Å². The van der Waals surface area contributed by atoms with Crippen molar-refractivity contribution < 1.29 is 13.6 Å². The fourth-order valence-electron chi connectivity index (χ4n) is 3.88. The lowest BCUT2D eigenvalue weighted by Crippen LogP contribution is -2.05. The highest BCUT2D eigenvalue weighted by atomic mass is 16.5. The van der Waals surface area contributed by atoms with Crippen molar-refractivity contribution in [1.29, 1.82) is 0 Å². The maximum absolute atomic E-state index is 13.1. The summed E-state index contributed by atoms with van der Waals surface area (Å²) in [5, 5.41) is 4.55. The molecule has 0 amide bonds. The highest BCUT2D eigenvalue weighted by molar-refractivity contribution is 6.10. The van der Waals surface area contributed by atoms with Crippen molar-refractivity contribution in [2.75, 3.05) is 5.32 Å². The van der Waals surface area contributed by atoms with Crippen molar-refractivity contribution in [2.24, 2.45) is 0 Å². The second-order valence-corrected chi connectivity index (χ2v) is 8.03. The minimum Gasteiger partial charge on any atom is -0.491 e. The highest BCUT2D eigenvalue weighted by Crippen LogP contribution is 2.41. The van der Waals surface area contributed by atoms with E-state index in [4.69, 9.17) is 13.6 Å². The van der Waals surface area contributed by atoms with Crippen LogP contribution in [-0.2, 0) is 0 Å². The Kier molecular flexibility index (Phi) is 4.94. The summed E-state index contributed by atoms with van der Waals surface area (Å²) >= 11 is 0. The van der Waals surface area contributed by atoms with Gasteiger partial charge in [0.2, 0.25) is 5.88 Å². The first-order valence-corrected chi connectivity index (χ1v) is 10.6. The van der Waals surface area contributed by atoms with Crippen LogP contribution in [0.25, 0.3) is 33.1 Å². The number of hydrogen-bond donors (Lipinski definition) is 1. The molecule has 2 aromatic heterocycles. The van der Waals surface area contributed by atoms with E-state index in [0.717, 1.165) is 28.0 Å². The molecule has 0 atom stereocenters. The molecule has 0 fully saturated rings. The maximum atomic E-state index is 13.1. The summed E-state index contributed by atoms with van der Waals surface area (Å²) in [4.78, 5) is 13.1. The normalized spacial score (nSPS) is 11.4. The first-order valence-electron chi connectivity index (χ1n) is 10.6. The van der Waals surface area contributed by atoms with E-state index in [1.165, 1.54) is 0 Å². The Labute approximate surface area is 185 Å². The topological polar surface area (TPSA) is 64.6 Å². The maximum Gasteiger partial charge on any atom is 0.348 e. The first-order chi connectivity index (χ1) is 15.5. The third-order valence-corrected chi connectivity index (χ3v) is 5.35. The van der Waals surface area contributed by atoms with Gasteiger partial charge in [-0.15, -0.1) is 0 Å². The van der Waals surface area contributed by atoms with Crippen molar-refractivity contribution >= 4 is 33.5 Å². The molecule has 1 N–H and O–H groups in total. The molecule has 3 aromatic carbocycles. The summed E-state index contributed by atoms with van der Waals surface area (Å²) in [6, 6.07) is 23.0. The highest BCUT2D eigenvalue weighted by Gasteiger charge is 2.23. The first kappa shape index (κ1) is 19.9. The van der Waals surface area contributed by atoms with E-state index in [-0.39, 0.29) is 6.10 Å². The van der Waals surface area contributed by atoms with Gasteiger partial charge in [-0.3, -0.25) is 0 Å². The van der Waals surface area contributed by atoms with Gasteiger partial charge in [-0.2, -0.15) is 0 Å². The number of nitrogens with one attached hydrogen (secondary N) is 1. The van der Waals surface area contributed by atoms with Crippen molar-refractivity contribution in [2.45, 2.75) is 26.9 Å². The zero-order valence-corrected chi connectivity index (χ0v) is 18.1. The molecule has 160 valence electrons. The molecule has 0 aliphatic carbocycles. The van der Waals surface area contributed by atoms with E-state index in [1.54, 1.807) is 6.07 Å². The van der Waals surface area contributed by atoms with E-state index in [2.05, 4.69) is 5.32 Å². The van der Waals surface area contributed by atoms with Crippen LogP contribution >= 0.6 is 0 Å². The Hall–Kier alpha value is -3.99. The Morgan fingerprint density at radius 2 is 1.59 bits per heavy atom. The molecular formula is C27H23NO4. The number of anilines is 2. The lowest BCUT2D eigenvalue weighted by atomic mass is 10.0. The largest absolute Gasteiger partial charge is 0.491 e. The van der Waals surface area contributed by atoms with Gasteiger partial charge in [-0.1, -0.05) is 42.5 Å². The number of furan rings is 1. The lowest BCUT2D eigenvalue weighted by Gasteiger charge is -2.11. The minimum atomic E-state index is -0.433. The van der Waals surface area contributed by atoms with Crippen LogP contribution in [0, 0.1) is 6.92 Å². The van der Waals surface area contributed by atoms with Crippen molar-refractivity contribution in [1.82, 2.24) is 0 Å². The van der Waals surface area contributed by atoms with Crippen LogP contribution < -0.4 is 15.7 Å². The molecule has 0 aliphatic heterocycles. The molecule has 5 nitrogen and oxygen atoms in total. The second-order valence-electron chi connectivity index (χ2n) is 8.03. The molecule has 0 saturated carbocycles. The number of benzene rings is 3. The quantitative estimate of drug-likeness (QED) is 0.306. The number of ether oxygens (including phenoxy) is 1. The minimum absolute atomic E-state index is 0.0762. The molecule has 0 radical (unpaired) electrons. The molecule has 0 saturated heterocycles. The zero-order chi connectivity index (χ0) is 22.2. The summed E-state index contributed by atoms with van der Waals surface area (Å²) in [6.45, 7) is 5.99. The second kappa shape index (κ2) is 7.93. The van der Waals surface area contributed by atoms with Crippen LogP contribution in [-0.4, -0.2) is 6.10 Å². The zero-order valence-electron chi connectivity index (χ0n) is 18.1. The Bertz CT molecular complexity index is 1480. The van der Waals surface area contributed by atoms with Crippen molar-refractivity contribution in [3.8, 4) is 16.9 Å². The van der Waals surface area contributed by atoms with Gasteiger partial charge < -0.3 is 18.9 Å². The molecule has 5 heteroatoms. The van der Waals surface area contributed by atoms with Gasteiger partial charge >= 0.3 is 5.63 Å². The fraction of sp³-hybridized carbons (Fsp3) is 0.148. The third kappa shape index (κ3) is 3.52. The van der Waals surface area contributed by atoms with Gasteiger partial charge in [-0.05, 0) is 62.2 Å². The fourth-order valence-corrected chi connectivity index (χ4v) is 3.88. The Morgan fingerprint density at radius 1 is 0.875 bits per heavy atom. The molecular weight excluding hydrogens is 402 g/mol. The molecule has 32 heavy (non-hydrogen) atoms. The molecule has 0 unspecified atom stereocenters. The Morgan fingerprint density at radius 3 is 2.34 bits per heavy atom. The molecule has 5 rings (SSSR count). The molecule has 0 aliphatic rings. The van der Waals surface area contributed by atoms with Gasteiger partial charge in [0.1, 0.15) is 16.7 Å². The number of hydrogen-bond acceptors (Lipinski definition) is 5. The van der Waals surface area contributed by atoms with Gasteiger partial charge in [0.05, 0.1) is 17.1 Å². The molecule has 2 heterocycles. The molecule has 5 aromatic rings. The van der Waals surface area contributed by atoms with Crippen molar-refractivity contribution in [3.05, 3.63) is 88.8 Å². The lowest BCUT2D eigenvalue weighted by molar-refractivity contribution is 0.242. The summed E-state index contributed by atoms with van der Waals surface area (Å²) in [7, 11) is 0. The average molecular weight is 425 g/mol. The van der Waals surface area contributed by atoms with Crippen LogP contribution in [0.1, 0.15) is 19.4 Å². The van der Waals surface area contributed by atoms with Crippen LogP contribution in [0.2, 0.25) is 0 Å². The molecule has 0 spiro atoms. The Balaban J connectivity index is 1.76. The van der Waals surface area contributed by atoms with E-state index < -0.39 is 5.63 Å². The number of para-hydroxylation sites is 2. The van der Waals surface area contributed by atoms with Crippen LogP contribution in [0.3, 0.4) is 0 Å². The number of aryl methyl sites for hydroxylation is 1. The van der Waals surface area contributed by atoms with Gasteiger partial charge in [-0.25, -0.2) is 4.79 Å². The van der Waals surface area contributed by atoms with Gasteiger partial charge in [0.15, 0.2) is 5.58 Å². The summed E-state index contributed by atoms with van der Waals surface area (Å²) in [5.41, 5.74) is 4.03.